The van der Waals surface area contributed by atoms with Gasteiger partial charge < -0.3 is 4.74 Å². The van der Waals surface area contributed by atoms with Crippen LogP contribution in [0.5, 0.6) is 0 Å². The summed E-state index contributed by atoms with van der Waals surface area (Å²) < 4.78 is 5.12. The van der Waals surface area contributed by atoms with Gasteiger partial charge in [-0.2, -0.15) is 0 Å². The van der Waals surface area contributed by atoms with Crippen LogP contribution >= 0.6 is 0 Å². The van der Waals surface area contributed by atoms with E-state index in [1.54, 1.807) is 6.08 Å². The van der Waals surface area contributed by atoms with Crippen molar-refractivity contribution in [1.29, 1.82) is 0 Å². The van der Waals surface area contributed by atoms with Crippen LogP contribution in [0.3, 0.4) is 0 Å². The summed E-state index contributed by atoms with van der Waals surface area (Å²) in [7, 11) is 0. The lowest BCUT2D eigenvalue weighted by atomic mass is 10.1. The van der Waals surface area contributed by atoms with Crippen molar-refractivity contribution in [2.75, 3.05) is 6.61 Å². The standard InChI is InChI=1S/C20H36O2/c1-3-5-7-9-11-13-15-17-19-22-20(21)18-16-14-12-10-8-6-4-2/h15-18H,3-14,19H2,1-2H3/b17-15?,18-16+. The zero-order valence-electron chi connectivity index (χ0n) is 14.8. The lowest BCUT2D eigenvalue weighted by molar-refractivity contribution is -0.136. The van der Waals surface area contributed by atoms with Crippen LogP contribution in [0.2, 0.25) is 0 Å². The molecule has 0 amide bonds. The highest BCUT2D eigenvalue weighted by Crippen LogP contribution is 2.06. The molecule has 0 aliphatic rings. The summed E-state index contributed by atoms with van der Waals surface area (Å²) in [6.07, 6.45) is 22.5. The van der Waals surface area contributed by atoms with Gasteiger partial charge >= 0.3 is 5.97 Å². The Morgan fingerprint density at radius 1 is 0.727 bits per heavy atom. The summed E-state index contributed by atoms with van der Waals surface area (Å²) in [5, 5.41) is 0. The van der Waals surface area contributed by atoms with E-state index in [9.17, 15) is 4.79 Å². The second kappa shape index (κ2) is 18.0. The first-order chi connectivity index (χ1) is 10.8. The van der Waals surface area contributed by atoms with Crippen molar-refractivity contribution in [3.8, 4) is 0 Å². The molecule has 0 radical (unpaired) electrons. The molecule has 0 rings (SSSR count). The highest BCUT2D eigenvalue weighted by molar-refractivity contribution is 5.81. The number of unbranched alkanes of at least 4 members (excludes halogenated alkanes) is 10. The van der Waals surface area contributed by atoms with Crippen molar-refractivity contribution in [1.82, 2.24) is 0 Å². The minimum absolute atomic E-state index is 0.221. The molecule has 0 aromatic rings. The number of hydrogen-bond acceptors (Lipinski definition) is 2. The van der Waals surface area contributed by atoms with E-state index in [-0.39, 0.29) is 5.97 Å². The van der Waals surface area contributed by atoms with Crippen molar-refractivity contribution >= 4 is 5.97 Å². The molecule has 0 N–H and O–H groups in total. The molecule has 0 saturated carbocycles. The van der Waals surface area contributed by atoms with Crippen LogP contribution in [0.1, 0.15) is 90.9 Å². The maximum absolute atomic E-state index is 11.4. The summed E-state index contributed by atoms with van der Waals surface area (Å²) in [5.41, 5.74) is 0. The summed E-state index contributed by atoms with van der Waals surface area (Å²) in [6.45, 7) is 4.85. The molecule has 0 unspecified atom stereocenters. The molecule has 0 fully saturated rings. The van der Waals surface area contributed by atoms with Gasteiger partial charge in [0.1, 0.15) is 6.61 Å². The SMILES string of the molecule is CCCCCCCC=CCOC(=O)/C=C/CCCCCCC. The van der Waals surface area contributed by atoms with Gasteiger partial charge in [0.25, 0.3) is 0 Å². The van der Waals surface area contributed by atoms with Gasteiger partial charge in [-0.25, -0.2) is 4.79 Å². The number of carbonyl (C=O) groups excluding carboxylic acids is 1. The van der Waals surface area contributed by atoms with Gasteiger partial charge in [-0.05, 0) is 25.7 Å². The topological polar surface area (TPSA) is 26.3 Å². The monoisotopic (exact) mass is 308 g/mol. The molecule has 0 heterocycles. The smallest absolute Gasteiger partial charge is 0.330 e. The van der Waals surface area contributed by atoms with Crippen LogP contribution in [0.15, 0.2) is 24.3 Å². The Labute approximate surface area is 138 Å². The lowest BCUT2D eigenvalue weighted by Gasteiger charge is -1.98. The van der Waals surface area contributed by atoms with Crippen molar-refractivity contribution < 1.29 is 9.53 Å². The number of rotatable bonds is 15. The average molecular weight is 309 g/mol. The van der Waals surface area contributed by atoms with Gasteiger partial charge in [-0.15, -0.1) is 0 Å². The van der Waals surface area contributed by atoms with Crippen LogP contribution in [0.4, 0.5) is 0 Å². The quantitative estimate of drug-likeness (QED) is 0.152. The van der Waals surface area contributed by atoms with E-state index >= 15 is 0 Å². The van der Waals surface area contributed by atoms with Crippen molar-refractivity contribution in [2.45, 2.75) is 90.9 Å². The van der Waals surface area contributed by atoms with Crippen LogP contribution in [-0.2, 0) is 9.53 Å². The van der Waals surface area contributed by atoms with Gasteiger partial charge in [-0.3, -0.25) is 0 Å². The molecule has 128 valence electrons. The number of hydrogen-bond donors (Lipinski definition) is 0. The minimum Gasteiger partial charge on any atom is -0.458 e. The van der Waals surface area contributed by atoms with E-state index in [4.69, 9.17) is 4.74 Å². The van der Waals surface area contributed by atoms with Gasteiger partial charge in [0.2, 0.25) is 0 Å². The Morgan fingerprint density at radius 2 is 1.27 bits per heavy atom. The van der Waals surface area contributed by atoms with E-state index in [2.05, 4.69) is 19.9 Å². The molecule has 2 nitrogen and oxygen atoms in total. The van der Waals surface area contributed by atoms with Gasteiger partial charge in [0, 0.05) is 6.08 Å². The Bertz CT molecular complexity index is 292. The second-order valence-corrected chi connectivity index (χ2v) is 5.91. The summed E-state index contributed by atoms with van der Waals surface area (Å²) in [6, 6.07) is 0. The first-order valence-electron chi connectivity index (χ1n) is 9.29. The maximum Gasteiger partial charge on any atom is 0.330 e. The predicted octanol–water partition coefficient (Wildman–Crippen LogP) is 6.36. The van der Waals surface area contributed by atoms with E-state index < -0.39 is 0 Å². The molecule has 0 saturated heterocycles. The van der Waals surface area contributed by atoms with E-state index in [1.165, 1.54) is 64.2 Å². The molecule has 22 heavy (non-hydrogen) atoms. The zero-order chi connectivity index (χ0) is 16.3. The fraction of sp³-hybridized carbons (Fsp3) is 0.750. The van der Waals surface area contributed by atoms with E-state index in [0.717, 1.165) is 12.8 Å². The third-order valence-electron chi connectivity index (χ3n) is 3.69. The molecule has 0 aliphatic heterocycles. The molecule has 0 atom stereocenters. The zero-order valence-corrected chi connectivity index (χ0v) is 14.8. The van der Waals surface area contributed by atoms with Crippen molar-refractivity contribution in [3.05, 3.63) is 24.3 Å². The summed E-state index contributed by atoms with van der Waals surface area (Å²) in [5.74, 6) is -0.221. The molecule has 0 aromatic carbocycles. The second-order valence-electron chi connectivity index (χ2n) is 5.91. The Balaban J connectivity index is 3.37. The van der Waals surface area contributed by atoms with Gasteiger partial charge in [-0.1, -0.05) is 83.4 Å². The number of carbonyl (C=O) groups is 1. The Hall–Kier alpha value is -1.05. The Morgan fingerprint density at radius 3 is 1.86 bits per heavy atom. The van der Waals surface area contributed by atoms with Crippen molar-refractivity contribution in [3.63, 3.8) is 0 Å². The molecule has 0 aromatic heterocycles. The fourth-order valence-electron chi connectivity index (χ4n) is 2.28. The highest BCUT2D eigenvalue weighted by atomic mass is 16.5. The predicted molar refractivity (Wildman–Crippen MR) is 96.0 cm³/mol. The number of ether oxygens (including phenoxy) is 1. The molecular weight excluding hydrogens is 272 g/mol. The first-order valence-corrected chi connectivity index (χ1v) is 9.29. The fourth-order valence-corrected chi connectivity index (χ4v) is 2.28. The average Bonchev–Trinajstić information content (AvgIpc) is 2.52. The van der Waals surface area contributed by atoms with E-state index in [1.807, 2.05) is 12.2 Å². The first kappa shape index (κ1) is 20.9. The molecule has 0 bridgehead atoms. The van der Waals surface area contributed by atoms with Crippen LogP contribution in [0.25, 0.3) is 0 Å². The number of esters is 1. The third kappa shape index (κ3) is 17.0. The van der Waals surface area contributed by atoms with Gasteiger partial charge in [0.05, 0.1) is 0 Å². The third-order valence-corrected chi connectivity index (χ3v) is 3.69. The summed E-state index contributed by atoms with van der Waals surface area (Å²) in [4.78, 5) is 11.4. The molecule has 2 heteroatoms. The van der Waals surface area contributed by atoms with Crippen LogP contribution in [-0.4, -0.2) is 12.6 Å². The maximum atomic E-state index is 11.4. The number of allylic oxidation sites excluding steroid dienone is 2. The minimum atomic E-state index is -0.221. The molecular formula is C20H36O2. The van der Waals surface area contributed by atoms with Crippen LogP contribution < -0.4 is 0 Å². The Kier molecular flexibility index (Phi) is 17.1. The largest absolute Gasteiger partial charge is 0.458 e. The molecule has 0 aliphatic carbocycles. The normalized spacial score (nSPS) is 11.5. The summed E-state index contributed by atoms with van der Waals surface area (Å²) >= 11 is 0. The van der Waals surface area contributed by atoms with E-state index in [0.29, 0.717) is 6.61 Å². The van der Waals surface area contributed by atoms with Gasteiger partial charge in [0.15, 0.2) is 0 Å². The van der Waals surface area contributed by atoms with Crippen LogP contribution in [0, 0.1) is 0 Å². The molecule has 0 spiro atoms. The highest BCUT2D eigenvalue weighted by Gasteiger charge is 1.94. The lowest BCUT2D eigenvalue weighted by Crippen LogP contribution is -1.99. The van der Waals surface area contributed by atoms with Crippen molar-refractivity contribution in [2.24, 2.45) is 0 Å².